The quantitative estimate of drug-likeness (QED) is 0.764. The van der Waals surface area contributed by atoms with Crippen molar-refractivity contribution in [3.8, 4) is 11.6 Å². The number of aromatic nitrogens is 3. The average Bonchev–Trinajstić information content (AvgIpc) is 2.94. The summed E-state index contributed by atoms with van der Waals surface area (Å²) in [5, 5.41) is 0. The molecule has 0 aliphatic carbocycles. The van der Waals surface area contributed by atoms with Gasteiger partial charge in [0.05, 0.1) is 6.33 Å². The lowest BCUT2D eigenvalue weighted by molar-refractivity contribution is 0.612. The fraction of sp³-hybridized carbons (Fsp3) is 0.167. The number of nitrogens with two attached hydrogens (primary N) is 1. The van der Waals surface area contributed by atoms with Gasteiger partial charge < -0.3 is 14.7 Å². The van der Waals surface area contributed by atoms with Crippen LogP contribution in [0.25, 0.3) is 22.7 Å². The van der Waals surface area contributed by atoms with Crippen LogP contribution in [-0.4, -0.2) is 21.1 Å². The van der Waals surface area contributed by atoms with Gasteiger partial charge in [-0.2, -0.15) is 0 Å². The summed E-state index contributed by atoms with van der Waals surface area (Å²) in [5.74, 6) is 0.0439. The molecule has 0 spiro atoms. The first-order valence-corrected chi connectivity index (χ1v) is 5.54. The van der Waals surface area contributed by atoms with Crippen molar-refractivity contribution in [2.75, 3.05) is 6.54 Å². The van der Waals surface area contributed by atoms with Gasteiger partial charge in [-0.1, -0.05) is 0 Å². The van der Waals surface area contributed by atoms with Gasteiger partial charge in [-0.25, -0.2) is 14.4 Å². The molecule has 0 atom stereocenters. The topological polar surface area (TPSA) is 69.9 Å². The van der Waals surface area contributed by atoms with Crippen LogP contribution in [0.15, 0.2) is 35.1 Å². The van der Waals surface area contributed by atoms with Crippen LogP contribution in [0.5, 0.6) is 0 Å². The largest absolute Gasteiger partial charge is 0.435 e. The van der Waals surface area contributed by atoms with Crippen molar-refractivity contribution in [3.05, 3.63) is 36.5 Å². The van der Waals surface area contributed by atoms with Crippen LogP contribution in [0.2, 0.25) is 0 Å². The summed E-state index contributed by atoms with van der Waals surface area (Å²) in [4.78, 5) is 8.38. The number of imidazole rings is 1. The Morgan fingerprint density at radius 3 is 3.11 bits per heavy atom. The molecular weight excluding hydrogens is 235 g/mol. The zero-order valence-corrected chi connectivity index (χ0v) is 9.51. The van der Waals surface area contributed by atoms with Crippen LogP contribution in [0, 0.1) is 5.82 Å². The van der Waals surface area contributed by atoms with Gasteiger partial charge in [0.15, 0.2) is 5.58 Å². The molecule has 0 bridgehead atoms. The predicted octanol–water partition coefficient (Wildman–Crippen LogP) is 1.79. The molecule has 92 valence electrons. The lowest BCUT2D eigenvalue weighted by Gasteiger charge is -1.94. The van der Waals surface area contributed by atoms with Crippen molar-refractivity contribution in [3.63, 3.8) is 0 Å². The van der Waals surface area contributed by atoms with Gasteiger partial charge in [0.2, 0.25) is 5.89 Å². The first-order chi connectivity index (χ1) is 8.76. The minimum absolute atomic E-state index is 0.337. The van der Waals surface area contributed by atoms with Crippen LogP contribution in [0.4, 0.5) is 4.39 Å². The molecule has 0 amide bonds. The van der Waals surface area contributed by atoms with Crippen molar-refractivity contribution in [1.82, 2.24) is 14.5 Å². The van der Waals surface area contributed by atoms with E-state index in [1.54, 1.807) is 18.6 Å². The zero-order chi connectivity index (χ0) is 12.5. The minimum Gasteiger partial charge on any atom is -0.435 e. The van der Waals surface area contributed by atoms with E-state index in [4.69, 9.17) is 10.2 Å². The van der Waals surface area contributed by atoms with E-state index in [2.05, 4.69) is 9.97 Å². The monoisotopic (exact) mass is 246 g/mol. The fourth-order valence-corrected chi connectivity index (χ4v) is 1.75. The van der Waals surface area contributed by atoms with Crippen LogP contribution >= 0.6 is 0 Å². The summed E-state index contributed by atoms with van der Waals surface area (Å²) in [5.41, 5.74) is 7.09. The van der Waals surface area contributed by atoms with E-state index >= 15 is 0 Å². The molecule has 0 aliphatic heterocycles. The van der Waals surface area contributed by atoms with Crippen LogP contribution in [0.3, 0.4) is 0 Å². The molecule has 1 aromatic carbocycles. The third-order valence-electron chi connectivity index (χ3n) is 2.59. The fourth-order valence-electron chi connectivity index (χ4n) is 1.75. The van der Waals surface area contributed by atoms with Gasteiger partial charge >= 0.3 is 0 Å². The lowest BCUT2D eigenvalue weighted by Crippen LogP contribution is -2.07. The van der Waals surface area contributed by atoms with Gasteiger partial charge in [0.1, 0.15) is 17.0 Å². The van der Waals surface area contributed by atoms with E-state index in [0.29, 0.717) is 35.8 Å². The average molecular weight is 246 g/mol. The summed E-state index contributed by atoms with van der Waals surface area (Å²) in [6, 6.07) is 4.22. The maximum absolute atomic E-state index is 13.0. The normalized spacial score (nSPS) is 11.2. The molecule has 0 radical (unpaired) electrons. The molecule has 3 rings (SSSR count). The van der Waals surface area contributed by atoms with Gasteiger partial charge in [-0.05, 0) is 12.1 Å². The van der Waals surface area contributed by atoms with Gasteiger partial charge in [0.25, 0.3) is 0 Å². The van der Waals surface area contributed by atoms with E-state index < -0.39 is 0 Å². The van der Waals surface area contributed by atoms with Gasteiger partial charge in [-0.3, -0.25) is 0 Å². The molecule has 5 nitrogen and oxygen atoms in total. The van der Waals surface area contributed by atoms with E-state index in [1.807, 2.05) is 4.57 Å². The first kappa shape index (κ1) is 10.9. The summed E-state index contributed by atoms with van der Waals surface area (Å²) >= 11 is 0. The molecule has 0 unspecified atom stereocenters. The Labute approximate surface area is 102 Å². The molecule has 0 saturated heterocycles. The number of nitrogens with zero attached hydrogens (tertiary/aromatic N) is 3. The SMILES string of the molecule is NCCn1cnc(-c2nc3cc(F)ccc3o2)c1. The van der Waals surface area contributed by atoms with E-state index in [-0.39, 0.29) is 5.82 Å². The molecule has 2 heterocycles. The number of halogens is 1. The van der Waals surface area contributed by atoms with Gasteiger partial charge in [-0.15, -0.1) is 0 Å². The third kappa shape index (κ3) is 1.86. The Bertz CT molecular complexity index is 688. The second-order valence-electron chi connectivity index (χ2n) is 3.92. The number of benzene rings is 1. The smallest absolute Gasteiger partial charge is 0.247 e. The Hall–Kier alpha value is -2.21. The van der Waals surface area contributed by atoms with Gasteiger partial charge in [0, 0.05) is 25.4 Å². The molecule has 0 saturated carbocycles. The number of oxazole rings is 1. The first-order valence-electron chi connectivity index (χ1n) is 5.54. The molecule has 0 aliphatic rings. The second kappa shape index (κ2) is 4.23. The highest BCUT2D eigenvalue weighted by Crippen LogP contribution is 2.23. The molecule has 3 aromatic rings. The molecule has 6 heteroatoms. The van der Waals surface area contributed by atoms with Crippen molar-refractivity contribution in [1.29, 1.82) is 0 Å². The highest BCUT2D eigenvalue weighted by Gasteiger charge is 2.11. The Balaban J connectivity index is 2.02. The number of rotatable bonds is 3. The van der Waals surface area contributed by atoms with E-state index in [9.17, 15) is 4.39 Å². The van der Waals surface area contributed by atoms with Crippen molar-refractivity contribution < 1.29 is 8.81 Å². The maximum atomic E-state index is 13.0. The summed E-state index contributed by atoms with van der Waals surface area (Å²) in [7, 11) is 0. The minimum atomic E-state index is -0.337. The predicted molar refractivity (Wildman–Crippen MR) is 64.2 cm³/mol. The highest BCUT2D eigenvalue weighted by atomic mass is 19.1. The zero-order valence-electron chi connectivity index (χ0n) is 9.51. The van der Waals surface area contributed by atoms with Crippen molar-refractivity contribution >= 4 is 11.1 Å². The van der Waals surface area contributed by atoms with E-state index in [1.165, 1.54) is 12.1 Å². The molecule has 18 heavy (non-hydrogen) atoms. The number of hydrogen-bond donors (Lipinski definition) is 1. The number of hydrogen-bond acceptors (Lipinski definition) is 4. The second-order valence-corrected chi connectivity index (χ2v) is 3.92. The molecule has 2 aromatic heterocycles. The highest BCUT2D eigenvalue weighted by molar-refractivity contribution is 5.75. The van der Waals surface area contributed by atoms with Crippen LogP contribution in [0.1, 0.15) is 0 Å². The van der Waals surface area contributed by atoms with Crippen LogP contribution < -0.4 is 5.73 Å². The Kier molecular flexibility index (Phi) is 2.56. The Morgan fingerprint density at radius 2 is 2.28 bits per heavy atom. The lowest BCUT2D eigenvalue weighted by atomic mass is 10.3. The van der Waals surface area contributed by atoms with Crippen molar-refractivity contribution in [2.45, 2.75) is 6.54 Å². The van der Waals surface area contributed by atoms with Crippen LogP contribution in [-0.2, 0) is 6.54 Å². The number of fused-ring (bicyclic) bond motifs is 1. The van der Waals surface area contributed by atoms with Crippen molar-refractivity contribution in [2.24, 2.45) is 5.73 Å². The standard InChI is InChI=1S/C12H11FN4O/c13-8-1-2-11-9(5-8)16-12(18-11)10-6-17(4-3-14)7-15-10/h1-2,5-7H,3-4,14H2. The molecule has 2 N–H and O–H groups in total. The summed E-state index contributed by atoms with van der Waals surface area (Å²) in [6.45, 7) is 1.22. The van der Waals surface area contributed by atoms with E-state index in [0.717, 1.165) is 0 Å². The maximum Gasteiger partial charge on any atom is 0.247 e. The molecular formula is C12H11FN4O. The molecule has 0 fully saturated rings. The summed E-state index contributed by atoms with van der Waals surface area (Å²) in [6.07, 6.45) is 3.46. The summed E-state index contributed by atoms with van der Waals surface area (Å²) < 4.78 is 20.4. The third-order valence-corrected chi connectivity index (χ3v) is 2.59. The Morgan fingerprint density at radius 1 is 1.39 bits per heavy atom.